The maximum Gasteiger partial charge on any atom is 0.325 e. The molecule has 1 aromatic rings. The third-order valence-electron chi connectivity index (χ3n) is 2.37. The number of methoxy groups -OCH3 is 1. The Bertz CT molecular complexity index is 451. The minimum absolute atomic E-state index is 0.0110. The summed E-state index contributed by atoms with van der Waals surface area (Å²) in [6.45, 7) is 0.0110. The lowest BCUT2D eigenvalue weighted by atomic mass is 10.4. The Morgan fingerprint density at radius 1 is 1.69 bits per heavy atom. The van der Waals surface area contributed by atoms with Crippen LogP contribution in [0.4, 0.5) is 5.82 Å². The Balaban J connectivity index is 2.08. The molecule has 6 heteroatoms. The molecule has 1 aliphatic carbocycles. The van der Waals surface area contributed by atoms with Crippen molar-refractivity contribution in [1.82, 2.24) is 9.97 Å². The summed E-state index contributed by atoms with van der Waals surface area (Å²) < 4.78 is 4.48. The van der Waals surface area contributed by atoms with E-state index in [1.807, 2.05) is 0 Å². The van der Waals surface area contributed by atoms with Crippen LogP contribution in [0.15, 0.2) is 10.9 Å². The highest BCUT2D eigenvalue weighted by molar-refractivity contribution is 5.74. The van der Waals surface area contributed by atoms with Crippen LogP contribution in [0.25, 0.3) is 0 Å². The van der Waals surface area contributed by atoms with Gasteiger partial charge in [-0.3, -0.25) is 9.59 Å². The van der Waals surface area contributed by atoms with E-state index in [0.717, 1.165) is 12.8 Å². The summed E-state index contributed by atoms with van der Waals surface area (Å²) in [5, 5.41) is 2.75. The zero-order valence-electron chi connectivity index (χ0n) is 8.95. The van der Waals surface area contributed by atoms with Crippen LogP contribution in [0.3, 0.4) is 0 Å². The lowest BCUT2D eigenvalue weighted by Gasteiger charge is -2.05. The molecule has 0 bridgehead atoms. The molecular formula is C10H13N3O3. The van der Waals surface area contributed by atoms with Crippen molar-refractivity contribution in [2.24, 2.45) is 0 Å². The molecule has 86 valence electrons. The number of esters is 1. The normalized spacial score (nSPS) is 14.6. The van der Waals surface area contributed by atoms with Gasteiger partial charge in [0.1, 0.15) is 18.2 Å². The van der Waals surface area contributed by atoms with Gasteiger partial charge in [0, 0.05) is 12.0 Å². The van der Waals surface area contributed by atoms with E-state index in [4.69, 9.17) is 0 Å². The molecule has 6 nitrogen and oxygen atoms in total. The molecule has 0 spiro atoms. The molecule has 1 heterocycles. The highest BCUT2D eigenvalue weighted by Crippen LogP contribution is 2.37. The van der Waals surface area contributed by atoms with Gasteiger partial charge in [0.15, 0.2) is 0 Å². The summed E-state index contributed by atoms with van der Waals surface area (Å²) in [5.41, 5.74) is -0.204. The van der Waals surface area contributed by atoms with Crippen LogP contribution in [0.2, 0.25) is 0 Å². The minimum atomic E-state index is -0.393. The van der Waals surface area contributed by atoms with Gasteiger partial charge in [0.05, 0.1) is 7.11 Å². The van der Waals surface area contributed by atoms with Crippen LogP contribution >= 0.6 is 0 Å². The summed E-state index contributed by atoms with van der Waals surface area (Å²) in [6.07, 6.45) is 2.12. The second kappa shape index (κ2) is 4.34. The van der Waals surface area contributed by atoms with Crippen molar-refractivity contribution in [2.75, 3.05) is 19.0 Å². The molecule has 1 fully saturated rings. The number of H-pyrrole nitrogens is 1. The molecule has 0 aromatic carbocycles. The quantitative estimate of drug-likeness (QED) is 0.714. The summed E-state index contributed by atoms with van der Waals surface area (Å²) in [5.74, 6) is 1.08. The van der Waals surface area contributed by atoms with Crippen molar-refractivity contribution >= 4 is 11.8 Å². The number of carbonyl (C=O) groups excluding carboxylic acids is 1. The number of hydrogen-bond acceptors (Lipinski definition) is 5. The largest absolute Gasteiger partial charge is 0.468 e. The number of nitrogens with zero attached hydrogens (tertiary/aromatic N) is 1. The topological polar surface area (TPSA) is 84.1 Å². The van der Waals surface area contributed by atoms with Crippen molar-refractivity contribution in [3.05, 3.63) is 22.2 Å². The average molecular weight is 223 g/mol. The molecule has 0 radical (unpaired) electrons. The SMILES string of the molecule is COC(=O)CNc1cc(=O)[nH]c(C2CC2)n1. The lowest BCUT2D eigenvalue weighted by molar-refractivity contribution is -0.138. The van der Waals surface area contributed by atoms with Gasteiger partial charge >= 0.3 is 5.97 Å². The first-order valence-corrected chi connectivity index (χ1v) is 5.11. The second-order valence-corrected chi connectivity index (χ2v) is 3.72. The first-order chi connectivity index (χ1) is 7.69. The number of nitrogens with one attached hydrogen (secondary N) is 2. The Morgan fingerprint density at radius 3 is 3.06 bits per heavy atom. The summed E-state index contributed by atoms with van der Waals surface area (Å²) in [6, 6.07) is 1.33. The standard InChI is InChI=1S/C10H13N3O3/c1-16-9(15)5-11-7-4-8(14)13-10(12-7)6-2-3-6/h4,6H,2-3,5H2,1H3,(H2,11,12,13,14). The lowest BCUT2D eigenvalue weighted by Crippen LogP contribution is -2.19. The second-order valence-electron chi connectivity index (χ2n) is 3.72. The van der Waals surface area contributed by atoms with Gasteiger partial charge < -0.3 is 15.0 Å². The Morgan fingerprint density at radius 2 is 2.44 bits per heavy atom. The van der Waals surface area contributed by atoms with Gasteiger partial charge in [-0.25, -0.2) is 4.98 Å². The fraction of sp³-hybridized carbons (Fsp3) is 0.500. The van der Waals surface area contributed by atoms with Crippen LogP contribution in [-0.2, 0) is 9.53 Å². The van der Waals surface area contributed by atoms with E-state index in [1.54, 1.807) is 0 Å². The van der Waals surface area contributed by atoms with E-state index in [9.17, 15) is 9.59 Å². The molecule has 1 saturated carbocycles. The van der Waals surface area contributed by atoms with Gasteiger partial charge in [-0.05, 0) is 12.8 Å². The summed E-state index contributed by atoms with van der Waals surface area (Å²) in [7, 11) is 1.31. The Labute approximate surface area is 92.0 Å². The Kier molecular flexibility index (Phi) is 2.89. The van der Waals surface area contributed by atoms with Crippen molar-refractivity contribution in [1.29, 1.82) is 0 Å². The van der Waals surface area contributed by atoms with Crippen molar-refractivity contribution in [2.45, 2.75) is 18.8 Å². The third-order valence-corrected chi connectivity index (χ3v) is 2.37. The maximum atomic E-state index is 11.3. The highest BCUT2D eigenvalue weighted by Gasteiger charge is 2.26. The predicted molar refractivity (Wildman–Crippen MR) is 57.3 cm³/mol. The number of anilines is 1. The van der Waals surface area contributed by atoms with E-state index in [2.05, 4.69) is 20.0 Å². The zero-order valence-corrected chi connectivity index (χ0v) is 8.95. The van der Waals surface area contributed by atoms with Crippen LogP contribution in [0, 0.1) is 0 Å². The summed E-state index contributed by atoms with van der Waals surface area (Å²) in [4.78, 5) is 29.1. The molecule has 1 aromatic heterocycles. The van der Waals surface area contributed by atoms with Crippen LogP contribution < -0.4 is 10.9 Å². The van der Waals surface area contributed by atoms with Crippen molar-refractivity contribution in [3.63, 3.8) is 0 Å². The van der Waals surface area contributed by atoms with E-state index in [0.29, 0.717) is 17.6 Å². The first-order valence-electron chi connectivity index (χ1n) is 5.11. The number of hydrogen-bond donors (Lipinski definition) is 2. The number of aromatic nitrogens is 2. The van der Waals surface area contributed by atoms with Gasteiger partial charge in [0.2, 0.25) is 0 Å². The monoisotopic (exact) mass is 223 g/mol. The van der Waals surface area contributed by atoms with Crippen molar-refractivity contribution < 1.29 is 9.53 Å². The smallest absolute Gasteiger partial charge is 0.325 e. The molecule has 0 atom stereocenters. The molecule has 0 aliphatic heterocycles. The summed E-state index contributed by atoms with van der Waals surface area (Å²) >= 11 is 0. The van der Waals surface area contributed by atoms with Gasteiger partial charge in [0.25, 0.3) is 5.56 Å². The molecule has 0 saturated heterocycles. The molecule has 0 unspecified atom stereocenters. The Hall–Kier alpha value is -1.85. The van der Waals surface area contributed by atoms with Crippen LogP contribution in [0.1, 0.15) is 24.6 Å². The highest BCUT2D eigenvalue weighted by atomic mass is 16.5. The van der Waals surface area contributed by atoms with E-state index in [1.165, 1.54) is 13.2 Å². The molecule has 16 heavy (non-hydrogen) atoms. The number of rotatable bonds is 4. The molecule has 2 N–H and O–H groups in total. The first kappa shape index (κ1) is 10.7. The number of carbonyl (C=O) groups is 1. The predicted octanol–water partition coefficient (Wildman–Crippen LogP) is 0.232. The van der Waals surface area contributed by atoms with Gasteiger partial charge in [-0.1, -0.05) is 0 Å². The van der Waals surface area contributed by atoms with E-state index in [-0.39, 0.29) is 12.1 Å². The van der Waals surface area contributed by atoms with Crippen LogP contribution in [-0.4, -0.2) is 29.6 Å². The number of aromatic amines is 1. The van der Waals surface area contributed by atoms with Gasteiger partial charge in [-0.15, -0.1) is 0 Å². The molecular weight excluding hydrogens is 210 g/mol. The van der Waals surface area contributed by atoms with Crippen LogP contribution in [0.5, 0.6) is 0 Å². The molecule has 0 amide bonds. The average Bonchev–Trinajstić information content (AvgIpc) is 3.09. The van der Waals surface area contributed by atoms with Crippen molar-refractivity contribution in [3.8, 4) is 0 Å². The number of ether oxygens (including phenoxy) is 1. The minimum Gasteiger partial charge on any atom is -0.468 e. The third kappa shape index (κ3) is 2.59. The fourth-order valence-corrected chi connectivity index (χ4v) is 1.35. The fourth-order valence-electron chi connectivity index (χ4n) is 1.35. The molecule has 2 rings (SSSR count). The maximum absolute atomic E-state index is 11.3. The molecule has 1 aliphatic rings. The van der Waals surface area contributed by atoms with E-state index < -0.39 is 5.97 Å². The van der Waals surface area contributed by atoms with E-state index >= 15 is 0 Å². The zero-order chi connectivity index (χ0) is 11.5. The van der Waals surface area contributed by atoms with Gasteiger partial charge in [-0.2, -0.15) is 0 Å².